The van der Waals surface area contributed by atoms with Gasteiger partial charge in [-0.3, -0.25) is 4.98 Å². The van der Waals surface area contributed by atoms with Crippen LogP contribution in [0.1, 0.15) is 19.8 Å². The molecule has 1 atom stereocenters. The standard InChI is InChI=1S/C10H16NS/c1-3-4-8-12(2)10-6-5-7-11-9-10/h5-7,9,12H,2-4,8H2,1H3. The molecule has 0 saturated carbocycles. The summed E-state index contributed by atoms with van der Waals surface area (Å²) in [7, 11) is -0.194. The zero-order valence-electron chi connectivity index (χ0n) is 7.53. The average Bonchev–Trinajstić information content (AvgIpc) is 2.15. The minimum absolute atomic E-state index is 0.194. The van der Waals surface area contributed by atoms with Gasteiger partial charge in [-0.15, -0.1) is 0 Å². The molecule has 0 bridgehead atoms. The molecule has 0 amide bonds. The molecule has 1 aromatic rings. The van der Waals surface area contributed by atoms with Gasteiger partial charge in [0.25, 0.3) is 0 Å². The van der Waals surface area contributed by atoms with Crippen LogP contribution in [-0.4, -0.2) is 10.7 Å². The lowest BCUT2D eigenvalue weighted by Crippen LogP contribution is -1.86. The van der Waals surface area contributed by atoms with Crippen LogP contribution < -0.4 is 0 Å². The summed E-state index contributed by atoms with van der Waals surface area (Å²) in [6.45, 7) is 2.21. The van der Waals surface area contributed by atoms with Gasteiger partial charge in [0.1, 0.15) is 0 Å². The molecule has 12 heavy (non-hydrogen) atoms. The Morgan fingerprint density at radius 3 is 3.00 bits per heavy atom. The van der Waals surface area contributed by atoms with Crippen molar-refractivity contribution in [3.05, 3.63) is 30.8 Å². The number of pyridine rings is 1. The van der Waals surface area contributed by atoms with Crippen molar-refractivity contribution in [1.29, 1.82) is 0 Å². The minimum Gasteiger partial charge on any atom is -0.264 e. The molecule has 0 aliphatic rings. The molecule has 0 aliphatic heterocycles. The molecule has 0 aromatic carbocycles. The van der Waals surface area contributed by atoms with Gasteiger partial charge in [-0.2, -0.15) is 0 Å². The molecular formula is C10H16NS. The molecule has 0 N–H and O–H groups in total. The SMILES string of the molecule is [CH2][SH](CCCC)c1cccnc1. The quantitative estimate of drug-likeness (QED) is 0.706. The second-order valence-electron chi connectivity index (χ2n) is 2.83. The third-order valence-corrected chi connectivity index (χ3v) is 3.64. The van der Waals surface area contributed by atoms with Crippen molar-refractivity contribution < 1.29 is 0 Å². The molecule has 0 spiro atoms. The molecule has 0 fully saturated rings. The molecule has 1 heterocycles. The highest BCUT2D eigenvalue weighted by Crippen LogP contribution is 2.34. The van der Waals surface area contributed by atoms with Crippen LogP contribution in [0.4, 0.5) is 0 Å². The van der Waals surface area contributed by atoms with E-state index in [1.807, 2.05) is 18.5 Å². The van der Waals surface area contributed by atoms with E-state index < -0.39 is 0 Å². The van der Waals surface area contributed by atoms with Gasteiger partial charge in [-0.1, -0.05) is 13.3 Å². The van der Waals surface area contributed by atoms with Crippen molar-refractivity contribution >= 4 is 10.9 Å². The number of unbranched alkanes of at least 4 members (excludes halogenated alkanes) is 1. The molecule has 0 aliphatic carbocycles. The Labute approximate surface area is 77.6 Å². The molecule has 1 radical (unpaired) electrons. The Kier molecular flexibility index (Phi) is 4.15. The van der Waals surface area contributed by atoms with E-state index in [2.05, 4.69) is 24.2 Å². The van der Waals surface area contributed by atoms with Gasteiger partial charge >= 0.3 is 0 Å². The van der Waals surface area contributed by atoms with E-state index in [4.69, 9.17) is 0 Å². The second-order valence-corrected chi connectivity index (χ2v) is 4.87. The van der Waals surface area contributed by atoms with E-state index in [9.17, 15) is 0 Å². The van der Waals surface area contributed by atoms with Gasteiger partial charge in [0.2, 0.25) is 0 Å². The lowest BCUT2D eigenvalue weighted by atomic mass is 10.4. The van der Waals surface area contributed by atoms with Gasteiger partial charge < -0.3 is 0 Å². The maximum absolute atomic E-state index is 4.17. The van der Waals surface area contributed by atoms with E-state index >= 15 is 0 Å². The zero-order valence-corrected chi connectivity index (χ0v) is 8.43. The summed E-state index contributed by atoms with van der Waals surface area (Å²) in [6, 6.07) is 4.11. The number of aromatic nitrogens is 1. The zero-order chi connectivity index (χ0) is 8.81. The Morgan fingerprint density at radius 2 is 2.42 bits per heavy atom. The molecule has 1 rings (SSSR count). The lowest BCUT2D eigenvalue weighted by molar-refractivity contribution is 0.894. The summed E-state index contributed by atoms with van der Waals surface area (Å²) in [5, 5.41) is 0. The van der Waals surface area contributed by atoms with E-state index in [0.29, 0.717) is 0 Å². The lowest BCUT2D eigenvalue weighted by Gasteiger charge is -2.14. The first-order chi connectivity index (χ1) is 5.84. The van der Waals surface area contributed by atoms with E-state index in [1.54, 1.807) is 0 Å². The van der Waals surface area contributed by atoms with Gasteiger partial charge in [-0.25, -0.2) is 10.9 Å². The summed E-state index contributed by atoms with van der Waals surface area (Å²) in [4.78, 5) is 5.41. The molecule has 1 aromatic heterocycles. The van der Waals surface area contributed by atoms with Crippen molar-refractivity contribution in [1.82, 2.24) is 4.98 Å². The molecule has 1 unspecified atom stereocenters. The van der Waals surface area contributed by atoms with Crippen molar-refractivity contribution in [3.63, 3.8) is 0 Å². The van der Waals surface area contributed by atoms with Crippen LogP contribution in [0.2, 0.25) is 0 Å². The molecular weight excluding hydrogens is 166 g/mol. The van der Waals surface area contributed by atoms with Crippen LogP contribution in [0, 0.1) is 6.26 Å². The monoisotopic (exact) mass is 182 g/mol. The first kappa shape index (κ1) is 9.59. The third-order valence-electron chi connectivity index (χ3n) is 1.79. The van der Waals surface area contributed by atoms with Crippen molar-refractivity contribution in [2.45, 2.75) is 24.7 Å². The van der Waals surface area contributed by atoms with Crippen LogP contribution in [0.3, 0.4) is 0 Å². The first-order valence-corrected chi connectivity index (χ1v) is 6.04. The number of nitrogens with zero attached hydrogens (tertiary/aromatic N) is 1. The van der Waals surface area contributed by atoms with Gasteiger partial charge in [-0.05, 0) is 30.6 Å². The Balaban J connectivity index is 2.48. The van der Waals surface area contributed by atoms with Gasteiger partial charge in [0.05, 0.1) is 0 Å². The smallest absolute Gasteiger partial charge is 0.0386 e. The fraction of sp³-hybridized carbons (Fsp3) is 0.400. The van der Waals surface area contributed by atoms with Crippen LogP contribution in [0.5, 0.6) is 0 Å². The van der Waals surface area contributed by atoms with E-state index in [-0.39, 0.29) is 10.9 Å². The minimum atomic E-state index is -0.194. The van der Waals surface area contributed by atoms with Crippen LogP contribution >= 0.6 is 10.9 Å². The topological polar surface area (TPSA) is 12.9 Å². The van der Waals surface area contributed by atoms with Crippen LogP contribution in [0.15, 0.2) is 29.4 Å². The first-order valence-electron chi connectivity index (χ1n) is 4.32. The van der Waals surface area contributed by atoms with Crippen LogP contribution in [-0.2, 0) is 0 Å². The fourth-order valence-electron chi connectivity index (χ4n) is 1.02. The molecule has 0 saturated heterocycles. The summed E-state index contributed by atoms with van der Waals surface area (Å²) in [6.07, 6.45) is 10.5. The van der Waals surface area contributed by atoms with E-state index in [0.717, 1.165) is 0 Å². The fourth-order valence-corrected chi connectivity index (χ4v) is 2.50. The number of rotatable bonds is 4. The predicted octanol–water partition coefficient (Wildman–Crippen LogP) is 3.03. The normalized spacial score (nSPS) is 14.3. The molecule has 2 heteroatoms. The Hall–Kier alpha value is -0.500. The number of thiol groups is 1. The third kappa shape index (κ3) is 2.86. The predicted molar refractivity (Wildman–Crippen MR) is 56.6 cm³/mol. The highest BCUT2D eigenvalue weighted by Gasteiger charge is 1.98. The number of hydrogen-bond donors (Lipinski definition) is 1. The van der Waals surface area contributed by atoms with Crippen molar-refractivity contribution in [2.75, 3.05) is 5.75 Å². The van der Waals surface area contributed by atoms with Crippen LogP contribution in [0.25, 0.3) is 0 Å². The van der Waals surface area contributed by atoms with Crippen molar-refractivity contribution in [2.24, 2.45) is 0 Å². The van der Waals surface area contributed by atoms with Crippen molar-refractivity contribution in [3.8, 4) is 0 Å². The summed E-state index contributed by atoms with van der Waals surface area (Å²) >= 11 is 0. The summed E-state index contributed by atoms with van der Waals surface area (Å²) < 4.78 is 0. The highest BCUT2D eigenvalue weighted by atomic mass is 32.2. The second kappa shape index (κ2) is 5.20. The summed E-state index contributed by atoms with van der Waals surface area (Å²) in [5.41, 5.74) is 0. The summed E-state index contributed by atoms with van der Waals surface area (Å²) in [5.74, 6) is 1.23. The molecule has 67 valence electrons. The Morgan fingerprint density at radius 1 is 1.58 bits per heavy atom. The largest absolute Gasteiger partial charge is 0.264 e. The average molecular weight is 182 g/mol. The van der Waals surface area contributed by atoms with Gasteiger partial charge in [0, 0.05) is 17.3 Å². The molecule has 1 nitrogen and oxygen atoms in total. The maximum atomic E-state index is 4.17. The number of hydrogen-bond acceptors (Lipinski definition) is 1. The maximum Gasteiger partial charge on any atom is 0.0386 e. The Bertz CT molecular complexity index is 210. The highest BCUT2D eigenvalue weighted by molar-refractivity contribution is 8.18. The van der Waals surface area contributed by atoms with E-state index in [1.165, 1.54) is 23.5 Å². The van der Waals surface area contributed by atoms with Gasteiger partial charge in [0.15, 0.2) is 0 Å².